The minimum atomic E-state index is -0.430. The van der Waals surface area contributed by atoms with Gasteiger partial charge in [-0.05, 0) is 61.7 Å². The van der Waals surface area contributed by atoms with Crippen molar-refractivity contribution in [1.82, 2.24) is 0 Å². The number of hydrogen-bond acceptors (Lipinski definition) is 4. The maximum atomic E-state index is 11.8. The molecule has 0 bridgehead atoms. The van der Waals surface area contributed by atoms with Crippen LogP contribution in [0.5, 0.6) is 5.75 Å². The molecule has 1 amide bonds. The first-order valence-corrected chi connectivity index (χ1v) is 8.73. The van der Waals surface area contributed by atoms with Crippen molar-refractivity contribution in [3.63, 3.8) is 0 Å². The number of ether oxygens (including phenoxy) is 2. The Kier molecular flexibility index (Phi) is 7.48. The average molecular weight is 376 g/mol. The predicted molar refractivity (Wildman–Crippen MR) is 102 cm³/mol. The third-order valence-electron chi connectivity index (χ3n) is 3.59. The number of rotatable bonds is 8. The highest BCUT2D eigenvalue weighted by molar-refractivity contribution is 6.30. The second-order valence-electron chi connectivity index (χ2n) is 5.94. The molecular formula is C20H22ClNO4. The number of amides is 1. The van der Waals surface area contributed by atoms with Gasteiger partial charge in [-0.1, -0.05) is 23.7 Å². The van der Waals surface area contributed by atoms with E-state index in [1.165, 1.54) is 0 Å². The van der Waals surface area contributed by atoms with E-state index in [-0.39, 0.29) is 18.9 Å². The van der Waals surface area contributed by atoms with Crippen LogP contribution in [0, 0.1) is 13.8 Å². The van der Waals surface area contributed by atoms with Crippen LogP contribution in [-0.2, 0) is 14.3 Å². The number of esters is 1. The van der Waals surface area contributed by atoms with Gasteiger partial charge in [-0.15, -0.1) is 0 Å². The summed E-state index contributed by atoms with van der Waals surface area (Å²) in [6.45, 7) is 3.92. The van der Waals surface area contributed by atoms with E-state index in [4.69, 9.17) is 21.1 Å². The SMILES string of the molecule is Cc1cccc(NC(=O)COC(=O)CCCOc2ccc(Cl)cc2C)c1. The summed E-state index contributed by atoms with van der Waals surface area (Å²) in [6, 6.07) is 12.8. The Hall–Kier alpha value is -2.53. The molecule has 0 aliphatic carbocycles. The van der Waals surface area contributed by atoms with Crippen molar-refractivity contribution >= 4 is 29.2 Å². The summed E-state index contributed by atoms with van der Waals surface area (Å²) in [5, 5.41) is 3.34. The number of nitrogens with one attached hydrogen (secondary N) is 1. The molecule has 26 heavy (non-hydrogen) atoms. The number of hydrogen-bond donors (Lipinski definition) is 1. The number of halogens is 1. The summed E-state index contributed by atoms with van der Waals surface area (Å²) in [4.78, 5) is 23.5. The molecule has 2 rings (SSSR count). The summed E-state index contributed by atoms with van der Waals surface area (Å²) in [5.41, 5.74) is 2.65. The van der Waals surface area contributed by atoms with Crippen molar-refractivity contribution in [2.75, 3.05) is 18.5 Å². The molecule has 0 aliphatic rings. The van der Waals surface area contributed by atoms with Crippen molar-refractivity contribution < 1.29 is 19.1 Å². The van der Waals surface area contributed by atoms with Gasteiger partial charge in [-0.2, -0.15) is 0 Å². The van der Waals surface area contributed by atoms with E-state index in [2.05, 4.69) is 5.32 Å². The number of aryl methyl sites for hydroxylation is 2. The Labute approximate surface area is 158 Å². The van der Waals surface area contributed by atoms with E-state index in [0.29, 0.717) is 23.7 Å². The molecule has 138 valence electrons. The molecule has 0 aliphatic heterocycles. The minimum absolute atomic E-state index is 0.185. The molecule has 0 spiro atoms. The van der Waals surface area contributed by atoms with Gasteiger partial charge in [0.25, 0.3) is 5.91 Å². The summed E-state index contributed by atoms with van der Waals surface area (Å²) >= 11 is 5.89. The zero-order chi connectivity index (χ0) is 18.9. The van der Waals surface area contributed by atoms with Gasteiger partial charge in [0.1, 0.15) is 5.75 Å². The van der Waals surface area contributed by atoms with Gasteiger partial charge in [-0.3, -0.25) is 9.59 Å². The fraction of sp³-hybridized carbons (Fsp3) is 0.300. The molecule has 5 nitrogen and oxygen atoms in total. The first-order valence-electron chi connectivity index (χ1n) is 8.35. The largest absolute Gasteiger partial charge is 0.493 e. The summed E-state index contributed by atoms with van der Waals surface area (Å²) in [6.07, 6.45) is 0.685. The third-order valence-corrected chi connectivity index (χ3v) is 3.82. The Morgan fingerprint density at radius 1 is 1.12 bits per heavy atom. The molecule has 6 heteroatoms. The Morgan fingerprint density at radius 2 is 1.92 bits per heavy atom. The highest BCUT2D eigenvalue weighted by Crippen LogP contribution is 2.21. The van der Waals surface area contributed by atoms with Gasteiger partial charge < -0.3 is 14.8 Å². The third kappa shape index (κ3) is 6.76. The van der Waals surface area contributed by atoms with E-state index in [9.17, 15) is 9.59 Å². The second-order valence-corrected chi connectivity index (χ2v) is 6.38. The van der Waals surface area contributed by atoms with Crippen molar-refractivity contribution in [2.45, 2.75) is 26.7 Å². The van der Waals surface area contributed by atoms with Gasteiger partial charge in [0, 0.05) is 17.1 Å². The van der Waals surface area contributed by atoms with Crippen LogP contribution < -0.4 is 10.1 Å². The zero-order valence-corrected chi connectivity index (χ0v) is 15.6. The zero-order valence-electron chi connectivity index (χ0n) is 14.9. The number of benzene rings is 2. The van der Waals surface area contributed by atoms with Crippen LogP contribution in [0.4, 0.5) is 5.69 Å². The average Bonchev–Trinajstić information content (AvgIpc) is 2.58. The highest BCUT2D eigenvalue weighted by atomic mass is 35.5. The fourth-order valence-corrected chi connectivity index (χ4v) is 2.54. The first-order chi connectivity index (χ1) is 12.4. The maximum absolute atomic E-state index is 11.8. The van der Waals surface area contributed by atoms with Crippen molar-refractivity contribution in [2.24, 2.45) is 0 Å². The summed E-state index contributed by atoms with van der Waals surface area (Å²) < 4.78 is 10.6. The van der Waals surface area contributed by atoms with Gasteiger partial charge >= 0.3 is 5.97 Å². The number of carbonyl (C=O) groups excluding carboxylic acids is 2. The van der Waals surface area contributed by atoms with E-state index in [1.54, 1.807) is 18.2 Å². The normalized spacial score (nSPS) is 10.3. The van der Waals surface area contributed by atoms with Crippen molar-refractivity contribution in [3.8, 4) is 5.75 Å². The van der Waals surface area contributed by atoms with Crippen LogP contribution in [0.1, 0.15) is 24.0 Å². The Bertz CT molecular complexity index is 776. The molecule has 1 N–H and O–H groups in total. The lowest BCUT2D eigenvalue weighted by Crippen LogP contribution is -2.21. The van der Waals surface area contributed by atoms with Crippen LogP contribution >= 0.6 is 11.6 Å². The first kappa shape index (κ1) is 19.8. The Morgan fingerprint density at radius 3 is 2.65 bits per heavy atom. The van der Waals surface area contributed by atoms with Gasteiger partial charge in [0.15, 0.2) is 6.61 Å². The molecule has 2 aromatic rings. The van der Waals surface area contributed by atoms with Gasteiger partial charge in [0.2, 0.25) is 0 Å². The second kappa shape index (κ2) is 9.82. The van der Waals surface area contributed by atoms with Gasteiger partial charge in [-0.25, -0.2) is 0 Å². The van der Waals surface area contributed by atoms with Crippen molar-refractivity contribution in [3.05, 3.63) is 58.6 Å². The van der Waals surface area contributed by atoms with Crippen LogP contribution in [0.25, 0.3) is 0 Å². The molecule has 0 unspecified atom stereocenters. The lowest BCUT2D eigenvalue weighted by molar-refractivity contribution is -0.147. The topological polar surface area (TPSA) is 64.6 Å². The van der Waals surface area contributed by atoms with E-state index in [0.717, 1.165) is 16.9 Å². The molecule has 0 heterocycles. The highest BCUT2D eigenvalue weighted by Gasteiger charge is 2.08. The fourth-order valence-electron chi connectivity index (χ4n) is 2.31. The van der Waals surface area contributed by atoms with E-state index < -0.39 is 5.97 Å². The summed E-state index contributed by atoms with van der Waals surface area (Å²) in [5.74, 6) is -0.0573. The standard InChI is InChI=1S/C20H22ClNO4/c1-14-5-3-6-17(11-14)22-19(23)13-26-20(24)7-4-10-25-18-9-8-16(21)12-15(18)2/h3,5-6,8-9,11-12H,4,7,10,13H2,1-2H3,(H,22,23). The van der Waals surface area contributed by atoms with Crippen molar-refractivity contribution in [1.29, 1.82) is 0 Å². The lowest BCUT2D eigenvalue weighted by atomic mass is 10.2. The number of carbonyl (C=O) groups is 2. The van der Waals surface area contributed by atoms with E-state index in [1.807, 2.05) is 38.1 Å². The Balaban J connectivity index is 1.63. The van der Waals surface area contributed by atoms with Gasteiger partial charge in [0.05, 0.1) is 6.61 Å². The maximum Gasteiger partial charge on any atom is 0.306 e. The van der Waals surface area contributed by atoms with Crippen LogP contribution in [0.2, 0.25) is 5.02 Å². The molecule has 2 aromatic carbocycles. The molecule has 0 aromatic heterocycles. The van der Waals surface area contributed by atoms with Crippen LogP contribution in [0.3, 0.4) is 0 Å². The molecule has 0 atom stereocenters. The van der Waals surface area contributed by atoms with E-state index >= 15 is 0 Å². The summed E-state index contributed by atoms with van der Waals surface area (Å²) in [7, 11) is 0. The molecule has 0 saturated heterocycles. The monoisotopic (exact) mass is 375 g/mol. The molecule has 0 saturated carbocycles. The molecule has 0 radical (unpaired) electrons. The smallest absolute Gasteiger partial charge is 0.306 e. The lowest BCUT2D eigenvalue weighted by Gasteiger charge is -2.09. The van der Waals surface area contributed by atoms with Crippen LogP contribution in [-0.4, -0.2) is 25.1 Å². The predicted octanol–water partition coefficient (Wildman–Crippen LogP) is 4.30. The van der Waals surface area contributed by atoms with Crippen LogP contribution in [0.15, 0.2) is 42.5 Å². The molecular weight excluding hydrogens is 354 g/mol. The number of anilines is 1. The quantitative estimate of drug-likeness (QED) is 0.552. The molecule has 0 fully saturated rings. The minimum Gasteiger partial charge on any atom is -0.493 e.